The molecule has 0 aliphatic carbocycles. The van der Waals surface area contributed by atoms with E-state index in [-0.39, 0.29) is 11.5 Å². The molecule has 1 fully saturated rings. The molecule has 0 aromatic carbocycles. The number of methoxy groups -OCH3 is 1. The Morgan fingerprint density at radius 1 is 1.28 bits per heavy atom. The van der Waals surface area contributed by atoms with E-state index in [1.165, 1.54) is 13.4 Å². The molecule has 2 aromatic rings. The number of hydrogen-bond acceptors (Lipinski definition) is 7. The smallest absolute Gasteiger partial charge is 0.259 e. The van der Waals surface area contributed by atoms with Crippen molar-refractivity contribution < 1.29 is 18.7 Å². The van der Waals surface area contributed by atoms with Crippen LogP contribution in [-0.2, 0) is 6.42 Å². The van der Waals surface area contributed by atoms with Crippen LogP contribution in [0.5, 0.6) is 5.88 Å². The van der Waals surface area contributed by atoms with Crippen LogP contribution in [0, 0.1) is 0 Å². The molecule has 0 saturated carbocycles. The van der Waals surface area contributed by atoms with Crippen molar-refractivity contribution in [1.82, 2.24) is 15.2 Å². The number of fused-ring (bicyclic) bond motifs is 1. The van der Waals surface area contributed by atoms with Gasteiger partial charge in [-0.15, -0.1) is 0 Å². The van der Waals surface area contributed by atoms with E-state index in [9.17, 15) is 9.59 Å². The number of furan rings is 1. The zero-order valence-corrected chi connectivity index (χ0v) is 16.7. The van der Waals surface area contributed by atoms with Crippen LogP contribution in [0.1, 0.15) is 32.9 Å². The van der Waals surface area contributed by atoms with Crippen molar-refractivity contribution in [3.8, 4) is 5.88 Å². The highest BCUT2D eigenvalue weighted by Crippen LogP contribution is 2.28. The highest BCUT2D eigenvalue weighted by atomic mass is 16.5. The third-order valence-electron chi connectivity index (χ3n) is 5.32. The van der Waals surface area contributed by atoms with Gasteiger partial charge in [-0.25, -0.2) is 0 Å². The summed E-state index contributed by atoms with van der Waals surface area (Å²) in [6.45, 7) is 4.27. The van der Waals surface area contributed by atoms with E-state index in [4.69, 9.17) is 9.15 Å². The van der Waals surface area contributed by atoms with Gasteiger partial charge in [0.05, 0.1) is 18.2 Å². The zero-order chi connectivity index (χ0) is 20.4. The Balaban J connectivity index is 1.54. The molecule has 1 saturated heterocycles. The molecule has 2 aliphatic heterocycles. The molecule has 0 unspecified atom stereocenters. The van der Waals surface area contributed by atoms with Crippen molar-refractivity contribution in [3.05, 3.63) is 35.3 Å². The third kappa shape index (κ3) is 3.91. The van der Waals surface area contributed by atoms with Gasteiger partial charge in [-0.1, -0.05) is 0 Å². The summed E-state index contributed by atoms with van der Waals surface area (Å²) in [5.74, 6) is 0.963. The number of likely N-dealkylation sites (N-methyl/N-ethyl adjacent to an activating group) is 1. The standard InChI is InChI=1S/C20H25N5O4/c1-24-8-10-25(11-9-24)16-6-5-14(20(23-16)28-2)22-18(26)13-12-29-15-4-3-7-21-19(27)17(13)15/h5-6,12H,3-4,7-11H2,1-2H3,(H,21,27)(H,22,26). The van der Waals surface area contributed by atoms with Crippen LogP contribution in [0.2, 0.25) is 0 Å². The van der Waals surface area contributed by atoms with Gasteiger partial charge in [-0.2, -0.15) is 4.98 Å². The average molecular weight is 399 g/mol. The normalized spacial score (nSPS) is 17.3. The van der Waals surface area contributed by atoms with Crippen molar-refractivity contribution in [2.75, 3.05) is 57.1 Å². The fourth-order valence-corrected chi connectivity index (χ4v) is 3.62. The summed E-state index contributed by atoms with van der Waals surface area (Å²) in [5, 5.41) is 5.59. The van der Waals surface area contributed by atoms with Crippen LogP contribution in [0.25, 0.3) is 0 Å². The van der Waals surface area contributed by atoms with Crippen LogP contribution >= 0.6 is 0 Å². The molecule has 2 aliphatic rings. The van der Waals surface area contributed by atoms with Gasteiger partial charge in [0.1, 0.15) is 23.5 Å². The highest BCUT2D eigenvalue weighted by molar-refractivity contribution is 6.13. The van der Waals surface area contributed by atoms with Gasteiger partial charge in [0.25, 0.3) is 11.8 Å². The van der Waals surface area contributed by atoms with Gasteiger partial charge in [-0.3, -0.25) is 9.59 Å². The Bertz CT molecular complexity index is 918. The van der Waals surface area contributed by atoms with Crippen LogP contribution in [0.3, 0.4) is 0 Å². The van der Waals surface area contributed by atoms with Gasteiger partial charge in [0.2, 0.25) is 5.88 Å². The zero-order valence-electron chi connectivity index (χ0n) is 16.7. The number of aromatic nitrogens is 1. The van der Waals surface area contributed by atoms with Gasteiger partial charge in [0.15, 0.2) is 0 Å². The van der Waals surface area contributed by atoms with Crippen molar-refractivity contribution in [1.29, 1.82) is 0 Å². The maximum absolute atomic E-state index is 12.8. The van der Waals surface area contributed by atoms with E-state index in [0.717, 1.165) is 38.4 Å². The lowest BCUT2D eigenvalue weighted by Crippen LogP contribution is -2.44. The van der Waals surface area contributed by atoms with Crippen LogP contribution < -0.4 is 20.3 Å². The quantitative estimate of drug-likeness (QED) is 0.801. The van der Waals surface area contributed by atoms with Gasteiger partial charge < -0.3 is 29.6 Å². The number of nitrogens with one attached hydrogen (secondary N) is 2. The van der Waals surface area contributed by atoms with Crippen molar-refractivity contribution >= 4 is 23.3 Å². The third-order valence-corrected chi connectivity index (χ3v) is 5.32. The summed E-state index contributed by atoms with van der Waals surface area (Å²) >= 11 is 0. The molecule has 0 atom stereocenters. The molecule has 9 heteroatoms. The van der Waals surface area contributed by atoms with Crippen LogP contribution in [0.4, 0.5) is 11.5 Å². The van der Waals surface area contributed by atoms with Crippen molar-refractivity contribution in [3.63, 3.8) is 0 Å². The lowest BCUT2D eigenvalue weighted by atomic mass is 10.1. The van der Waals surface area contributed by atoms with E-state index in [0.29, 0.717) is 35.9 Å². The number of hydrogen-bond donors (Lipinski definition) is 2. The topological polar surface area (TPSA) is 99.9 Å². The number of amides is 2. The summed E-state index contributed by atoms with van der Waals surface area (Å²) in [6, 6.07) is 3.64. The fraction of sp³-hybridized carbons (Fsp3) is 0.450. The number of carbonyl (C=O) groups is 2. The summed E-state index contributed by atoms with van der Waals surface area (Å²) in [7, 11) is 3.61. The number of anilines is 2. The van der Waals surface area contributed by atoms with E-state index < -0.39 is 5.91 Å². The van der Waals surface area contributed by atoms with Gasteiger partial charge in [-0.05, 0) is 25.6 Å². The summed E-state index contributed by atoms with van der Waals surface area (Å²) in [4.78, 5) is 34.2. The lowest BCUT2D eigenvalue weighted by molar-refractivity contribution is 0.0943. The molecule has 4 heterocycles. The molecule has 0 radical (unpaired) electrons. The molecule has 4 rings (SSSR count). The minimum atomic E-state index is -0.431. The molecule has 0 bridgehead atoms. The molecule has 9 nitrogen and oxygen atoms in total. The number of nitrogens with zero attached hydrogens (tertiary/aromatic N) is 3. The molecule has 2 aromatic heterocycles. The van der Waals surface area contributed by atoms with Crippen LogP contribution in [0.15, 0.2) is 22.8 Å². The molecule has 2 amide bonds. The average Bonchev–Trinajstić information content (AvgIpc) is 3.07. The minimum absolute atomic E-state index is 0.213. The molecular formula is C20H25N5O4. The number of carbonyl (C=O) groups excluding carboxylic acids is 2. The van der Waals surface area contributed by atoms with E-state index in [1.807, 2.05) is 6.07 Å². The highest BCUT2D eigenvalue weighted by Gasteiger charge is 2.27. The maximum atomic E-state index is 12.8. The SMILES string of the molecule is COc1nc(N2CCN(C)CC2)ccc1NC(=O)c1coc2c1C(=O)NCCC2. The summed E-state index contributed by atoms with van der Waals surface area (Å²) in [6.07, 6.45) is 2.73. The molecule has 154 valence electrons. The predicted molar refractivity (Wildman–Crippen MR) is 108 cm³/mol. The second-order valence-electron chi connectivity index (χ2n) is 7.28. The van der Waals surface area contributed by atoms with E-state index >= 15 is 0 Å². The monoisotopic (exact) mass is 399 g/mol. The predicted octanol–water partition coefficient (Wildman–Crippen LogP) is 1.36. The van der Waals surface area contributed by atoms with Crippen molar-refractivity contribution in [2.24, 2.45) is 0 Å². The van der Waals surface area contributed by atoms with E-state index in [1.54, 1.807) is 6.07 Å². The van der Waals surface area contributed by atoms with Crippen LogP contribution in [-0.4, -0.2) is 68.6 Å². The van der Waals surface area contributed by atoms with Crippen molar-refractivity contribution in [2.45, 2.75) is 12.8 Å². The lowest BCUT2D eigenvalue weighted by Gasteiger charge is -2.33. The summed E-state index contributed by atoms with van der Waals surface area (Å²) < 4.78 is 10.9. The number of ether oxygens (including phenoxy) is 1. The number of pyridine rings is 1. The molecular weight excluding hydrogens is 374 g/mol. The molecule has 0 spiro atoms. The first-order valence-corrected chi connectivity index (χ1v) is 9.75. The minimum Gasteiger partial charge on any atom is -0.479 e. The number of piperazine rings is 1. The fourth-order valence-electron chi connectivity index (χ4n) is 3.62. The maximum Gasteiger partial charge on any atom is 0.259 e. The Morgan fingerprint density at radius 2 is 2.07 bits per heavy atom. The largest absolute Gasteiger partial charge is 0.479 e. The van der Waals surface area contributed by atoms with E-state index in [2.05, 4.69) is 32.5 Å². The number of aryl methyl sites for hydroxylation is 1. The Hall–Kier alpha value is -3.07. The first-order chi connectivity index (χ1) is 14.1. The molecule has 2 N–H and O–H groups in total. The second kappa shape index (κ2) is 8.12. The van der Waals surface area contributed by atoms with Gasteiger partial charge in [0, 0.05) is 39.1 Å². The Morgan fingerprint density at radius 3 is 2.83 bits per heavy atom. The second-order valence-corrected chi connectivity index (χ2v) is 7.28. The van der Waals surface area contributed by atoms with Gasteiger partial charge >= 0.3 is 0 Å². The Kier molecular flexibility index (Phi) is 5.39. The summed E-state index contributed by atoms with van der Waals surface area (Å²) in [5.41, 5.74) is 0.963. The number of rotatable bonds is 4. The first-order valence-electron chi connectivity index (χ1n) is 9.75. The molecule has 29 heavy (non-hydrogen) atoms. The first kappa shape index (κ1) is 19.3. The Labute approximate surface area is 169 Å².